The number of benzene rings is 7. The van der Waals surface area contributed by atoms with Crippen LogP contribution >= 0.6 is 0 Å². The smallest absolute Gasteiger partial charge is 0.450 e. The molecule has 4 aromatic heterocycles. The van der Waals surface area contributed by atoms with Crippen LogP contribution in [0.3, 0.4) is 0 Å². The van der Waals surface area contributed by atoms with Gasteiger partial charge in [-0.15, -0.1) is 23.8 Å². The molecule has 12 rings (SSSR count). The molecule has 5 heterocycles. The van der Waals surface area contributed by atoms with Crippen LogP contribution < -0.4 is 0 Å². The molecule has 0 saturated heterocycles. The van der Waals surface area contributed by atoms with Crippen molar-refractivity contribution in [2.24, 2.45) is 0 Å². The molecule has 11 aromatic rings. The monoisotopic (exact) mass is 965 g/mol. The zero-order valence-corrected chi connectivity index (χ0v) is 33.4. The van der Waals surface area contributed by atoms with E-state index in [0.29, 0.717) is 28.3 Å². The third kappa shape index (κ3) is 5.42. The summed E-state index contributed by atoms with van der Waals surface area (Å²) in [6.45, 7) is 0. The van der Waals surface area contributed by atoms with E-state index >= 15 is 0 Å². The fourth-order valence-corrected chi connectivity index (χ4v) is 8.77. The maximum absolute atomic E-state index is 14.8. The molecule has 0 amide bonds. The summed E-state index contributed by atoms with van der Waals surface area (Å²) >= 11 is 0. The van der Waals surface area contributed by atoms with E-state index in [1.54, 1.807) is 36.4 Å². The summed E-state index contributed by atoms with van der Waals surface area (Å²) in [5, 5.41) is 13.1. The zero-order chi connectivity index (χ0) is 39.6. The summed E-state index contributed by atoms with van der Waals surface area (Å²) < 4.78 is 47.7. The van der Waals surface area contributed by atoms with Crippen LogP contribution in [-0.2, 0) is 27.2 Å². The number of phenolic OH excluding ortho intramolecular Hbond substituents is 1. The van der Waals surface area contributed by atoms with E-state index in [1.807, 2.05) is 66.7 Å². The van der Waals surface area contributed by atoms with Gasteiger partial charge in [-0.25, -0.2) is 9.97 Å². The molecule has 0 atom stereocenters. The maximum atomic E-state index is 14.8. The first-order chi connectivity index (χ1) is 28.8. The number of hydrogen-bond acceptors (Lipinski definition) is 4. The zero-order valence-electron chi connectivity index (χ0n) is 31.1. The Balaban J connectivity index is 0.00000408. The summed E-state index contributed by atoms with van der Waals surface area (Å²) in [4.78, 5) is 14.1. The van der Waals surface area contributed by atoms with E-state index in [0.717, 1.165) is 71.8 Å². The van der Waals surface area contributed by atoms with Crippen molar-refractivity contribution in [3.63, 3.8) is 0 Å². The molecule has 6 nitrogen and oxygen atoms in total. The number of pyridine rings is 1. The van der Waals surface area contributed by atoms with Gasteiger partial charge in [-0.3, -0.25) is 14.0 Å². The van der Waals surface area contributed by atoms with Gasteiger partial charge in [0, 0.05) is 49.4 Å². The Morgan fingerprint density at radius 3 is 1.98 bits per heavy atom. The Kier molecular flexibility index (Phi) is 7.93. The van der Waals surface area contributed by atoms with Crippen molar-refractivity contribution in [3.8, 4) is 78.6 Å². The average molecular weight is 966 g/mol. The van der Waals surface area contributed by atoms with Crippen LogP contribution in [0.1, 0.15) is 5.82 Å². The molecule has 60 heavy (non-hydrogen) atoms. The van der Waals surface area contributed by atoms with Crippen molar-refractivity contribution in [1.29, 1.82) is 0 Å². The average Bonchev–Trinajstić information content (AvgIpc) is 3.96. The molecule has 10 heteroatoms. The van der Waals surface area contributed by atoms with E-state index in [1.165, 1.54) is 10.8 Å². The van der Waals surface area contributed by atoms with Crippen molar-refractivity contribution in [2.45, 2.75) is 6.18 Å². The number of phenols is 1. The van der Waals surface area contributed by atoms with Crippen LogP contribution in [0, 0.1) is 6.07 Å². The molecular formula is C50H27F3N5OPt-. The van der Waals surface area contributed by atoms with Crippen molar-refractivity contribution < 1.29 is 39.3 Å². The molecule has 0 radical (unpaired) electrons. The summed E-state index contributed by atoms with van der Waals surface area (Å²) in [6.07, 6.45) is -3.34. The van der Waals surface area contributed by atoms with Gasteiger partial charge in [0.05, 0.1) is 27.6 Å². The normalized spacial score (nSPS) is 12.2. The van der Waals surface area contributed by atoms with Crippen LogP contribution in [-0.4, -0.2) is 29.0 Å². The molecule has 7 aromatic carbocycles. The van der Waals surface area contributed by atoms with Crippen molar-refractivity contribution in [3.05, 3.63) is 170 Å². The molecule has 0 saturated carbocycles. The van der Waals surface area contributed by atoms with Gasteiger partial charge < -0.3 is 5.11 Å². The first-order valence-electron chi connectivity index (χ1n) is 19.1. The van der Waals surface area contributed by atoms with Crippen LogP contribution in [0.15, 0.2) is 158 Å². The van der Waals surface area contributed by atoms with Crippen LogP contribution in [0.4, 0.5) is 13.2 Å². The molecular weight excluding hydrogens is 939 g/mol. The van der Waals surface area contributed by atoms with Gasteiger partial charge >= 0.3 is 6.18 Å². The molecule has 1 aliphatic rings. The molecule has 10 bridgehead atoms. The minimum Gasteiger partial charge on any atom is -0.507 e. The number of alkyl halides is 3. The Bertz CT molecular complexity index is 3530. The van der Waals surface area contributed by atoms with Gasteiger partial charge in [-0.1, -0.05) is 108 Å². The number of nitrogens with zero attached hydrogens (tertiary/aromatic N) is 5. The largest absolute Gasteiger partial charge is 0.507 e. The molecule has 0 aliphatic carbocycles. The quantitative estimate of drug-likeness (QED) is 0.175. The summed E-state index contributed by atoms with van der Waals surface area (Å²) in [5.74, 6) is -0.306. The van der Waals surface area contributed by atoms with Gasteiger partial charge in [-0.05, 0) is 76.3 Å². The number of imidazole rings is 2. The second-order valence-electron chi connectivity index (χ2n) is 14.9. The summed E-state index contributed by atoms with van der Waals surface area (Å²) in [6, 6.07) is 52.3. The van der Waals surface area contributed by atoms with Gasteiger partial charge in [0.1, 0.15) is 17.1 Å². The maximum Gasteiger partial charge on any atom is 0.450 e. The molecule has 0 unspecified atom stereocenters. The standard InChI is InChI=1S/C50H27F3N5O.Pt/c51-50(52,53)49-55-42-27-54-41-26-44(42)57(49)36-13-7-12-32(25-36)30-10-5-8-28(20-30)29-9-6-11-31(21-29)33-22-34(24-35(41)23-33)37-18-19-39-38-14-1-3-16-43(38)58-47(39)46(37)56-48(58)40-15-2-4-17-45(40)59;/h1-23,25-27,59H;/q-1;. The second kappa shape index (κ2) is 13.2. The summed E-state index contributed by atoms with van der Waals surface area (Å²) in [7, 11) is 0. The van der Waals surface area contributed by atoms with Crippen LogP contribution in [0.2, 0.25) is 0 Å². The van der Waals surface area contributed by atoms with E-state index in [9.17, 15) is 18.3 Å². The topological polar surface area (TPSA) is 68.2 Å². The van der Waals surface area contributed by atoms with Crippen LogP contribution in [0.25, 0.3) is 111 Å². The fourth-order valence-electron chi connectivity index (χ4n) is 8.77. The molecule has 1 aliphatic heterocycles. The number of aromatic hydroxyl groups is 1. The summed E-state index contributed by atoms with van der Waals surface area (Å²) in [5.41, 5.74) is 11.9. The van der Waals surface area contributed by atoms with Gasteiger partial charge in [0.25, 0.3) is 0 Å². The number of rotatable bonds is 2. The predicted octanol–water partition coefficient (Wildman–Crippen LogP) is 12.6. The third-order valence-corrected chi connectivity index (χ3v) is 11.4. The number of para-hydroxylation sites is 2. The number of halogens is 3. The van der Waals surface area contributed by atoms with Gasteiger partial charge in [0.15, 0.2) is 0 Å². The van der Waals surface area contributed by atoms with E-state index < -0.39 is 12.0 Å². The third-order valence-electron chi connectivity index (χ3n) is 11.4. The van der Waals surface area contributed by atoms with Crippen molar-refractivity contribution >= 4 is 38.4 Å². The first kappa shape index (κ1) is 36.0. The minimum absolute atomic E-state index is 0. The number of fused-ring (bicyclic) bond motifs is 17. The van der Waals surface area contributed by atoms with Gasteiger partial charge in [0.2, 0.25) is 5.82 Å². The van der Waals surface area contributed by atoms with Crippen LogP contribution in [0.5, 0.6) is 5.75 Å². The fraction of sp³-hybridized carbons (Fsp3) is 0.0200. The Labute approximate surface area is 354 Å². The first-order valence-corrected chi connectivity index (χ1v) is 19.1. The number of hydrogen-bond donors (Lipinski definition) is 1. The molecule has 0 fully saturated rings. The number of aromatic nitrogens is 5. The molecule has 1 N–H and O–H groups in total. The van der Waals surface area contributed by atoms with E-state index in [4.69, 9.17) is 9.97 Å². The van der Waals surface area contributed by atoms with Crippen molar-refractivity contribution in [1.82, 2.24) is 23.9 Å². The van der Waals surface area contributed by atoms with Crippen molar-refractivity contribution in [2.75, 3.05) is 0 Å². The Morgan fingerprint density at radius 2 is 1.23 bits per heavy atom. The van der Waals surface area contributed by atoms with Gasteiger partial charge in [-0.2, -0.15) is 13.2 Å². The molecule has 290 valence electrons. The Hall–Kier alpha value is -7.09. The Morgan fingerprint density at radius 1 is 0.567 bits per heavy atom. The SMILES string of the molecule is Oc1ccccc1-c1nc2c(-c3[c-]c4cc(c3)-c3cccc(c3)-c3cccc(c3)-c3cccc(c3)-n3c(C(F)(F)F)nc5cnc-4cc53)ccc3c4ccccc4n1c23.[Pt]. The predicted molar refractivity (Wildman–Crippen MR) is 225 cm³/mol. The van der Waals surface area contributed by atoms with E-state index in [2.05, 4.69) is 64.0 Å². The van der Waals surface area contributed by atoms with E-state index in [-0.39, 0.29) is 37.8 Å². The molecule has 0 spiro atoms. The second-order valence-corrected chi connectivity index (χ2v) is 14.9. The minimum atomic E-state index is -4.74.